The van der Waals surface area contributed by atoms with E-state index in [2.05, 4.69) is 0 Å². The molecule has 0 amide bonds. The molecule has 0 saturated heterocycles. The Bertz CT molecular complexity index is 538. The minimum absolute atomic E-state index is 0.0232. The largest absolute Gasteiger partial charge is 0.495 e. The summed E-state index contributed by atoms with van der Waals surface area (Å²) in [6.45, 7) is 0. The highest BCUT2D eigenvalue weighted by Crippen LogP contribution is 2.31. The van der Waals surface area contributed by atoms with Gasteiger partial charge in [0.25, 0.3) is 0 Å². The molecule has 0 aliphatic carbocycles. The molecule has 94 valence electrons. The average molecular weight is 259 g/mol. The minimum atomic E-state index is -3.50. The molecule has 0 fully saturated rings. The van der Waals surface area contributed by atoms with Crippen molar-refractivity contribution in [2.45, 2.75) is 10.9 Å². The van der Waals surface area contributed by atoms with Gasteiger partial charge in [0, 0.05) is 11.8 Å². The van der Waals surface area contributed by atoms with Crippen LogP contribution >= 0.6 is 0 Å². The molecule has 7 heteroatoms. The van der Waals surface area contributed by atoms with Crippen LogP contribution in [0.3, 0.4) is 0 Å². The molecular formula is C10H13NO5S. The molecule has 0 aliphatic heterocycles. The molecule has 6 nitrogen and oxygen atoms in total. The first-order valence-corrected chi connectivity index (χ1v) is 6.53. The summed E-state index contributed by atoms with van der Waals surface area (Å²) in [7, 11) is -2.23. The van der Waals surface area contributed by atoms with Crippen LogP contribution < -0.4 is 10.5 Å². The third-order valence-electron chi connectivity index (χ3n) is 2.21. The molecule has 0 aromatic heterocycles. The molecule has 1 rings (SSSR count). The van der Waals surface area contributed by atoms with Crippen molar-refractivity contribution in [2.24, 2.45) is 5.73 Å². The lowest BCUT2D eigenvalue weighted by molar-refractivity contribution is -0.138. The summed E-state index contributed by atoms with van der Waals surface area (Å²) in [5, 5.41) is 8.82. The number of aliphatic carboxylic acids is 1. The van der Waals surface area contributed by atoms with Crippen LogP contribution in [0.1, 0.15) is 11.6 Å². The highest BCUT2D eigenvalue weighted by molar-refractivity contribution is 7.90. The SMILES string of the molecule is COc1c(C(N)C(=O)O)cccc1S(C)(=O)=O. The van der Waals surface area contributed by atoms with Gasteiger partial charge < -0.3 is 15.6 Å². The first kappa shape index (κ1) is 13.5. The van der Waals surface area contributed by atoms with Crippen molar-refractivity contribution in [1.82, 2.24) is 0 Å². The Morgan fingerprint density at radius 1 is 1.47 bits per heavy atom. The van der Waals surface area contributed by atoms with E-state index in [1.54, 1.807) is 0 Å². The number of carboxylic acids is 1. The zero-order chi connectivity index (χ0) is 13.2. The predicted octanol–water partition coefficient (Wildman–Crippen LogP) is 0.183. The Kier molecular flexibility index (Phi) is 3.74. The van der Waals surface area contributed by atoms with Crippen LogP contribution in [0.25, 0.3) is 0 Å². The molecule has 0 spiro atoms. The normalized spacial score (nSPS) is 13.1. The van der Waals surface area contributed by atoms with E-state index in [4.69, 9.17) is 15.6 Å². The maximum atomic E-state index is 11.5. The van der Waals surface area contributed by atoms with Gasteiger partial charge in [0.1, 0.15) is 16.7 Å². The Morgan fingerprint density at radius 2 is 2.06 bits per heavy atom. The van der Waals surface area contributed by atoms with Crippen molar-refractivity contribution in [1.29, 1.82) is 0 Å². The van der Waals surface area contributed by atoms with Gasteiger partial charge in [0.15, 0.2) is 9.84 Å². The van der Waals surface area contributed by atoms with E-state index in [9.17, 15) is 13.2 Å². The van der Waals surface area contributed by atoms with Crippen LogP contribution in [-0.2, 0) is 14.6 Å². The summed E-state index contributed by atoms with van der Waals surface area (Å²) in [6, 6.07) is 2.86. The van der Waals surface area contributed by atoms with Crippen LogP contribution in [-0.4, -0.2) is 32.9 Å². The van der Waals surface area contributed by atoms with Gasteiger partial charge in [-0.05, 0) is 6.07 Å². The van der Waals surface area contributed by atoms with E-state index in [-0.39, 0.29) is 16.2 Å². The lowest BCUT2D eigenvalue weighted by Crippen LogP contribution is -2.22. The number of ether oxygens (including phenoxy) is 1. The van der Waals surface area contributed by atoms with Crippen LogP contribution in [0.15, 0.2) is 23.1 Å². The van der Waals surface area contributed by atoms with Gasteiger partial charge in [0.2, 0.25) is 0 Å². The van der Waals surface area contributed by atoms with Gasteiger partial charge in [0.05, 0.1) is 7.11 Å². The third-order valence-corrected chi connectivity index (χ3v) is 3.33. The van der Waals surface area contributed by atoms with Crippen molar-refractivity contribution in [3.05, 3.63) is 23.8 Å². The van der Waals surface area contributed by atoms with Gasteiger partial charge in [-0.2, -0.15) is 0 Å². The van der Waals surface area contributed by atoms with Crippen molar-refractivity contribution >= 4 is 15.8 Å². The molecule has 1 aromatic rings. The van der Waals surface area contributed by atoms with Crippen molar-refractivity contribution in [3.63, 3.8) is 0 Å². The van der Waals surface area contributed by atoms with Crippen LogP contribution in [0.5, 0.6) is 5.75 Å². The summed E-state index contributed by atoms with van der Waals surface area (Å²) in [4.78, 5) is 10.7. The van der Waals surface area contributed by atoms with E-state index in [0.29, 0.717) is 0 Å². The second-order valence-corrected chi connectivity index (χ2v) is 5.45. The lowest BCUT2D eigenvalue weighted by atomic mass is 10.1. The molecular weight excluding hydrogens is 246 g/mol. The number of methoxy groups -OCH3 is 1. The number of rotatable bonds is 4. The molecule has 17 heavy (non-hydrogen) atoms. The molecule has 1 aromatic carbocycles. The second kappa shape index (κ2) is 4.72. The lowest BCUT2D eigenvalue weighted by Gasteiger charge is -2.14. The summed E-state index contributed by atoms with van der Waals surface area (Å²) < 4.78 is 27.9. The van der Waals surface area contributed by atoms with Crippen molar-refractivity contribution in [2.75, 3.05) is 13.4 Å². The van der Waals surface area contributed by atoms with E-state index in [0.717, 1.165) is 6.26 Å². The van der Waals surface area contributed by atoms with E-state index in [1.165, 1.54) is 25.3 Å². The van der Waals surface area contributed by atoms with E-state index >= 15 is 0 Å². The third kappa shape index (κ3) is 2.75. The predicted molar refractivity (Wildman–Crippen MR) is 60.7 cm³/mol. The number of hydrogen-bond donors (Lipinski definition) is 2. The number of para-hydroxylation sites is 1. The fourth-order valence-electron chi connectivity index (χ4n) is 1.42. The van der Waals surface area contributed by atoms with E-state index < -0.39 is 21.8 Å². The number of sulfone groups is 1. The van der Waals surface area contributed by atoms with Crippen LogP contribution in [0.2, 0.25) is 0 Å². The van der Waals surface area contributed by atoms with Gasteiger partial charge in [-0.3, -0.25) is 4.79 Å². The maximum Gasteiger partial charge on any atom is 0.325 e. The summed E-state index contributed by atoms with van der Waals surface area (Å²) in [5.41, 5.74) is 5.58. The number of carboxylic acid groups (broad SMARTS) is 1. The number of hydrogen-bond acceptors (Lipinski definition) is 5. The molecule has 0 bridgehead atoms. The molecule has 0 heterocycles. The molecule has 3 N–H and O–H groups in total. The Labute approximate surface area is 98.9 Å². The van der Waals surface area contributed by atoms with Crippen LogP contribution in [0.4, 0.5) is 0 Å². The number of carbonyl (C=O) groups is 1. The minimum Gasteiger partial charge on any atom is -0.495 e. The highest BCUT2D eigenvalue weighted by Gasteiger charge is 2.24. The Morgan fingerprint density at radius 3 is 2.47 bits per heavy atom. The quantitative estimate of drug-likeness (QED) is 0.799. The molecule has 1 unspecified atom stereocenters. The van der Waals surface area contributed by atoms with E-state index in [1.807, 2.05) is 0 Å². The molecule has 0 radical (unpaired) electrons. The van der Waals surface area contributed by atoms with Crippen molar-refractivity contribution < 1.29 is 23.1 Å². The van der Waals surface area contributed by atoms with Crippen molar-refractivity contribution in [3.8, 4) is 5.75 Å². The zero-order valence-electron chi connectivity index (χ0n) is 9.38. The molecule has 0 aliphatic rings. The zero-order valence-corrected chi connectivity index (χ0v) is 10.2. The topological polar surface area (TPSA) is 107 Å². The Hall–Kier alpha value is -1.60. The van der Waals surface area contributed by atoms with Gasteiger partial charge in [-0.15, -0.1) is 0 Å². The Balaban J connectivity index is 3.49. The summed E-state index contributed by atoms with van der Waals surface area (Å²) >= 11 is 0. The summed E-state index contributed by atoms with van der Waals surface area (Å²) in [5.74, 6) is -1.28. The van der Waals surface area contributed by atoms with Gasteiger partial charge in [-0.1, -0.05) is 12.1 Å². The smallest absolute Gasteiger partial charge is 0.325 e. The van der Waals surface area contributed by atoms with Gasteiger partial charge in [-0.25, -0.2) is 8.42 Å². The standard InChI is InChI=1S/C10H13NO5S/c1-16-9-6(8(11)10(12)13)4-3-5-7(9)17(2,14)15/h3-5,8H,11H2,1-2H3,(H,12,13). The first-order chi connectivity index (χ1) is 7.79. The molecule has 1 atom stereocenters. The number of nitrogens with two attached hydrogens (primary N) is 1. The second-order valence-electron chi connectivity index (χ2n) is 3.47. The average Bonchev–Trinajstić information content (AvgIpc) is 2.25. The summed E-state index contributed by atoms with van der Waals surface area (Å²) in [6.07, 6.45) is 1.01. The van der Waals surface area contributed by atoms with Crippen LogP contribution in [0, 0.1) is 0 Å². The first-order valence-electron chi connectivity index (χ1n) is 4.64. The van der Waals surface area contributed by atoms with Gasteiger partial charge >= 0.3 is 5.97 Å². The fraction of sp³-hybridized carbons (Fsp3) is 0.300. The fourth-order valence-corrected chi connectivity index (χ4v) is 2.28. The highest BCUT2D eigenvalue weighted by atomic mass is 32.2. The monoisotopic (exact) mass is 259 g/mol. The maximum absolute atomic E-state index is 11.5. The molecule has 0 saturated carbocycles. The number of benzene rings is 1.